The Balaban J connectivity index is 3.48. The number of unbranched alkanes of at least 4 members (excludes halogenated alkanes) is 2. The molecule has 0 radical (unpaired) electrons. The van der Waals surface area contributed by atoms with E-state index in [9.17, 15) is 4.79 Å². The van der Waals surface area contributed by atoms with E-state index in [4.69, 9.17) is 0 Å². The molecule has 0 saturated carbocycles. The molecule has 0 fully saturated rings. The molecule has 0 spiro atoms. The fourth-order valence-corrected chi connectivity index (χ4v) is 1.58. The molecule has 0 N–H and O–H groups in total. The number of aldehydes is 1. The summed E-state index contributed by atoms with van der Waals surface area (Å²) in [4.78, 5) is 10.8. The summed E-state index contributed by atoms with van der Waals surface area (Å²) >= 11 is 0. The van der Waals surface area contributed by atoms with Crippen molar-refractivity contribution in [1.29, 1.82) is 0 Å². The van der Waals surface area contributed by atoms with Gasteiger partial charge in [-0.25, -0.2) is 0 Å². The van der Waals surface area contributed by atoms with Crippen molar-refractivity contribution >= 4 is 6.29 Å². The molecule has 1 unspecified atom stereocenters. The van der Waals surface area contributed by atoms with Crippen molar-refractivity contribution < 1.29 is 4.79 Å². The highest BCUT2D eigenvalue weighted by molar-refractivity contribution is 5.58. The number of rotatable bonds is 8. The minimum Gasteiger partial charge on any atom is -0.303 e. The van der Waals surface area contributed by atoms with E-state index in [0.717, 1.165) is 25.0 Å². The molecule has 0 bridgehead atoms. The van der Waals surface area contributed by atoms with Crippen LogP contribution in [0.2, 0.25) is 0 Å². The second kappa shape index (κ2) is 7.03. The van der Waals surface area contributed by atoms with Crippen LogP contribution in [0.25, 0.3) is 0 Å². The van der Waals surface area contributed by atoms with E-state index in [1.165, 1.54) is 25.7 Å². The molecule has 1 nitrogen and oxygen atoms in total. The highest BCUT2D eigenvalue weighted by Gasteiger charge is 2.19. The van der Waals surface area contributed by atoms with Gasteiger partial charge in [-0.2, -0.15) is 0 Å². The Morgan fingerprint density at radius 2 is 1.86 bits per heavy atom. The zero-order valence-electron chi connectivity index (χ0n) is 10.3. The van der Waals surface area contributed by atoms with Crippen molar-refractivity contribution in [2.24, 2.45) is 11.3 Å². The van der Waals surface area contributed by atoms with Crippen LogP contribution in [0, 0.1) is 11.3 Å². The van der Waals surface area contributed by atoms with E-state index >= 15 is 0 Å². The quantitative estimate of drug-likeness (QED) is 0.422. The van der Waals surface area contributed by atoms with Crippen LogP contribution in [0.5, 0.6) is 0 Å². The maximum absolute atomic E-state index is 10.8. The van der Waals surface area contributed by atoms with Crippen molar-refractivity contribution in [3.8, 4) is 0 Å². The number of carbonyl (C=O) groups is 1. The monoisotopic (exact) mass is 198 g/mol. The van der Waals surface area contributed by atoms with Crippen molar-refractivity contribution in [2.75, 3.05) is 0 Å². The lowest BCUT2D eigenvalue weighted by Gasteiger charge is -2.20. The van der Waals surface area contributed by atoms with E-state index < -0.39 is 0 Å². The van der Waals surface area contributed by atoms with Crippen LogP contribution < -0.4 is 0 Å². The summed E-state index contributed by atoms with van der Waals surface area (Å²) in [7, 11) is 0. The van der Waals surface area contributed by atoms with Gasteiger partial charge in [-0.1, -0.05) is 53.4 Å². The normalized spacial score (nSPS) is 15.5. The summed E-state index contributed by atoms with van der Waals surface area (Å²) in [5, 5.41) is 0. The maximum Gasteiger partial charge on any atom is 0.125 e. The van der Waals surface area contributed by atoms with Crippen LogP contribution in [0.15, 0.2) is 0 Å². The summed E-state index contributed by atoms with van der Waals surface area (Å²) in [5.74, 6) is 0.818. The van der Waals surface area contributed by atoms with Crippen LogP contribution >= 0.6 is 0 Å². The average molecular weight is 198 g/mol. The van der Waals surface area contributed by atoms with Crippen molar-refractivity contribution in [1.82, 2.24) is 0 Å². The summed E-state index contributed by atoms with van der Waals surface area (Å²) < 4.78 is 0. The minimum absolute atomic E-state index is 0.0577. The van der Waals surface area contributed by atoms with Crippen LogP contribution in [0.1, 0.15) is 66.2 Å². The Kier molecular flexibility index (Phi) is 6.86. The number of carbonyl (C=O) groups excluding carboxylic acids is 1. The number of hydrogen-bond acceptors (Lipinski definition) is 1. The van der Waals surface area contributed by atoms with Crippen molar-refractivity contribution in [3.05, 3.63) is 0 Å². The highest BCUT2D eigenvalue weighted by atomic mass is 16.1. The molecule has 0 aromatic heterocycles. The second-order valence-corrected chi connectivity index (χ2v) is 5.12. The summed E-state index contributed by atoms with van der Waals surface area (Å²) in [6.45, 7) is 8.70. The molecule has 1 heteroatoms. The zero-order chi connectivity index (χ0) is 11.0. The third-order valence-corrected chi connectivity index (χ3v) is 3.12. The van der Waals surface area contributed by atoms with Gasteiger partial charge in [-0.3, -0.25) is 0 Å². The van der Waals surface area contributed by atoms with E-state index in [1.807, 2.05) is 0 Å². The largest absolute Gasteiger partial charge is 0.303 e. The molecule has 0 aliphatic heterocycles. The van der Waals surface area contributed by atoms with Crippen LogP contribution in [-0.4, -0.2) is 6.29 Å². The van der Waals surface area contributed by atoms with Gasteiger partial charge >= 0.3 is 0 Å². The molecule has 0 aromatic rings. The van der Waals surface area contributed by atoms with E-state index in [0.29, 0.717) is 0 Å². The van der Waals surface area contributed by atoms with E-state index in [2.05, 4.69) is 27.7 Å². The Morgan fingerprint density at radius 1 is 1.21 bits per heavy atom. The lowest BCUT2D eigenvalue weighted by molar-refractivity contribution is -0.116. The minimum atomic E-state index is -0.0577. The van der Waals surface area contributed by atoms with Crippen LogP contribution in [-0.2, 0) is 4.79 Å². The highest BCUT2D eigenvalue weighted by Crippen LogP contribution is 2.25. The molecular formula is C13H26O. The van der Waals surface area contributed by atoms with Gasteiger partial charge in [-0.05, 0) is 18.8 Å². The van der Waals surface area contributed by atoms with Gasteiger partial charge in [0, 0.05) is 5.41 Å². The topological polar surface area (TPSA) is 17.1 Å². The molecule has 0 amide bonds. The maximum atomic E-state index is 10.8. The smallest absolute Gasteiger partial charge is 0.125 e. The Bertz CT molecular complexity index is 151. The van der Waals surface area contributed by atoms with Crippen LogP contribution in [0.3, 0.4) is 0 Å². The van der Waals surface area contributed by atoms with Crippen molar-refractivity contribution in [2.45, 2.75) is 66.2 Å². The summed E-state index contributed by atoms with van der Waals surface area (Å²) in [6.07, 6.45) is 8.29. The molecule has 14 heavy (non-hydrogen) atoms. The first-order chi connectivity index (χ1) is 6.54. The molecule has 0 saturated heterocycles. The van der Waals surface area contributed by atoms with Gasteiger partial charge in [-0.15, -0.1) is 0 Å². The molecule has 0 heterocycles. The van der Waals surface area contributed by atoms with Gasteiger partial charge in [0.05, 0.1) is 0 Å². The lowest BCUT2D eigenvalue weighted by atomic mass is 9.83. The molecule has 1 atom stereocenters. The molecule has 0 rings (SSSR count). The summed E-state index contributed by atoms with van der Waals surface area (Å²) in [5.41, 5.74) is -0.0577. The molecular weight excluding hydrogens is 172 g/mol. The van der Waals surface area contributed by atoms with Gasteiger partial charge in [0.2, 0.25) is 0 Å². The third kappa shape index (κ3) is 6.17. The predicted octanol–water partition coefficient (Wildman–Crippen LogP) is 4.21. The van der Waals surface area contributed by atoms with Gasteiger partial charge in [0.15, 0.2) is 0 Å². The first-order valence-corrected chi connectivity index (χ1v) is 6.00. The first-order valence-electron chi connectivity index (χ1n) is 6.00. The van der Waals surface area contributed by atoms with Crippen molar-refractivity contribution in [3.63, 3.8) is 0 Å². The van der Waals surface area contributed by atoms with E-state index in [1.54, 1.807) is 0 Å². The van der Waals surface area contributed by atoms with Gasteiger partial charge in [0.1, 0.15) is 6.29 Å². The molecule has 0 aliphatic carbocycles. The third-order valence-electron chi connectivity index (χ3n) is 3.12. The zero-order valence-corrected chi connectivity index (χ0v) is 10.3. The van der Waals surface area contributed by atoms with Crippen LogP contribution in [0.4, 0.5) is 0 Å². The molecule has 0 aliphatic rings. The Morgan fingerprint density at radius 3 is 2.29 bits per heavy atom. The van der Waals surface area contributed by atoms with E-state index in [-0.39, 0.29) is 5.41 Å². The van der Waals surface area contributed by atoms with Gasteiger partial charge < -0.3 is 4.79 Å². The number of hydrogen-bond donors (Lipinski definition) is 0. The standard InChI is InChI=1S/C13H26O/c1-5-13(4,11-14)10-8-6-7-9-12(2)3/h11-12H,5-10H2,1-4H3. The predicted molar refractivity (Wildman–Crippen MR) is 62.4 cm³/mol. The molecule has 0 aromatic carbocycles. The Labute approximate surface area is 89.3 Å². The summed E-state index contributed by atoms with van der Waals surface area (Å²) in [6, 6.07) is 0. The average Bonchev–Trinajstić information content (AvgIpc) is 2.16. The fourth-order valence-electron chi connectivity index (χ4n) is 1.58. The fraction of sp³-hybridized carbons (Fsp3) is 0.923. The first kappa shape index (κ1) is 13.7. The second-order valence-electron chi connectivity index (χ2n) is 5.12. The lowest BCUT2D eigenvalue weighted by Crippen LogP contribution is -2.16. The van der Waals surface area contributed by atoms with Gasteiger partial charge in [0.25, 0.3) is 0 Å². The Hall–Kier alpha value is -0.330. The SMILES string of the molecule is CCC(C)(C=O)CCCCCC(C)C. The molecule has 84 valence electrons.